The van der Waals surface area contributed by atoms with Crippen LogP contribution in [0.1, 0.15) is 19.3 Å². The van der Waals surface area contributed by atoms with E-state index in [1.165, 1.54) is 0 Å². The summed E-state index contributed by atoms with van der Waals surface area (Å²) in [4.78, 5) is 0. The molecule has 3 nitrogen and oxygen atoms in total. The Labute approximate surface area is 82.7 Å². The number of hydrogen-bond acceptors (Lipinski definition) is 3. The summed E-state index contributed by atoms with van der Waals surface area (Å²) in [6.07, 6.45) is 3.50. The first-order chi connectivity index (χ1) is 6.33. The second-order valence-corrected chi connectivity index (χ2v) is 5.02. The lowest BCUT2D eigenvalue weighted by atomic mass is 10.3. The highest BCUT2D eigenvalue weighted by Gasteiger charge is 2.17. The molecule has 1 rings (SSSR count). The highest BCUT2D eigenvalue weighted by atomic mass is 32.2. The van der Waals surface area contributed by atoms with E-state index in [1.807, 2.05) is 7.05 Å². The average Bonchev–Trinajstić information content (AvgIpc) is 2.57. The van der Waals surface area contributed by atoms with Gasteiger partial charge in [0.2, 0.25) is 0 Å². The zero-order valence-corrected chi connectivity index (χ0v) is 9.07. The van der Waals surface area contributed by atoms with Crippen LogP contribution in [0.4, 0.5) is 0 Å². The van der Waals surface area contributed by atoms with E-state index in [-0.39, 0.29) is 6.10 Å². The molecule has 4 heteroatoms. The first-order valence-corrected chi connectivity index (χ1v) is 6.43. The Morgan fingerprint density at radius 3 is 3.08 bits per heavy atom. The van der Waals surface area contributed by atoms with E-state index in [1.54, 1.807) is 0 Å². The van der Waals surface area contributed by atoms with Crippen LogP contribution in [0.3, 0.4) is 0 Å². The van der Waals surface area contributed by atoms with Gasteiger partial charge in [-0.15, -0.1) is 0 Å². The fourth-order valence-electron chi connectivity index (χ4n) is 1.48. The van der Waals surface area contributed by atoms with Crippen molar-refractivity contribution >= 4 is 10.8 Å². The number of ether oxygens (including phenoxy) is 1. The van der Waals surface area contributed by atoms with Gasteiger partial charge in [-0.25, -0.2) is 0 Å². The van der Waals surface area contributed by atoms with E-state index in [2.05, 4.69) is 5.32 Å². The van der Waals surface area contributed by atoms with Crippen LogP contribution in [-0.2, 0) is 15.5 Å². The summed E-state index contributed by atoms with van der Waals surface area (Å²) < 4.78 is 16.9. The van der Waals surface area contributed by atoms with Gasteiger partial charge in [-0.05, 0) is 32.9 Å². The van der Waals surface area contributed by atoms with Gasteiger partial charge in [0.25, 0.3) is 0 Å². The lowest BCUT2D eigenvalue weighted by molar-refractivity contribution is 0.128. The second kappa shape index (κ2) is 6.51. The van der Waals surface area contributed by atoms with Crippen LogP contribution in [0, 0.1) is 0 Å². The average molecular weight is 205 g/mol. The van der Waals surface area contributed by atoms with Crippen LogP contribution in [0.2, 0.25) is 0 Å². The topological polar surface area (TPSA) is 38.3 Å². The Morgan fingerprint density at radius 1 is 1.62 bits per heavy atom. The summed E-state index contributed by atoms with van der Waals surface area (Å²) in [6.45, 7) is 1.82. The molecular weight excluding hydrogens is 186 g/mol. The van der Waals surface area contributed by atoms with Gasteiger partial charge in [-0.3, -0.25) is 4.21 Å². The van der Waals surface area contributed by atoms with Crippen molar-refractivity contribution in [3.8, 4) is 0 Å². The fourth-order valence-corrected chi connectivity index (χ4v) is 2.79. The lowest BCUT2D eigenvalue weighted by Gasteiger charge is -2.08. The third-order valence-corrected chi connectivity index (χ3v) is 3.68. The SMILES string of the molecule is CNCCCS(=O)CC1CCCO1. The molecule has 0 aliphatic carbocycles. The van der Waals surface area contributed by atoms with Gasteiger partial charge < -0.3 is 10.1 Å². The lowest BCUT2D eigenvalue weighted by Crippen LogP contribution is -2.19. The van der Waals surface area contributed by atoms with Gasteiger partial charge in [0.1, 0.15) is 0 Å². The molecule has 1 saturated heterocycles. The Morgan fingerprint density at radius 2 is 2.46 bits per heavy atom. The van der Waals surface area contributed by atoms with E-state index in [9.17, 15) is 4.21 Å². The van der Waals surface area contributed by atoms with Crippen LogP contribution in [-0.4, -0.2) is 42.0 Å². The van der Waals surface area contributed by atoms with E-state index in [0.29, 0.717) is 0 Å². The van der Waals surface area contributed by atoms with Crippen molar-refractivity contribution in [2.24, 2.45) is 0 Å². The van der Waals surface area contributed by atoms with E-state index < -0.39 is 10.8 Å². The molecule has 0 aromatic carbocycles. The van der Waals surface area contributed by atoms with Crippen molar-refractivity contribution in [3.05, 3.63) is 0 Å². The molecule has 1 fully saturated rings. The van der Waals surface area contributed by atoms with Gasteiger partial charge in [0.15, 0.2) is 0 Å². The molecule has 1 aliphatic rings. The second-order valence-electron chi connectivity index (χ2n) is 3.40. The van der Waals surface area contributed by atoms with Crippen molar-refractivity contribution < 1.29 is 8.95 Å². The third-order valence-electron chi connectivity index (χ3n) is 2.19. The summed E-state index contributed by atoms with van der Waals surface area (Å²) in [5.74, 6) is 1.55. The van der Waals surface area contributed by atoms with E-state index in [0.717, 1.165) is 43.9 Å². The normalized spacial score (nSPS) is 24.8. The molecule has 0 saturated carbocycles. The Kier molecular flexibility index (Phi) is 5.58. The van der Waals surface area contributed by atoms with E-state index >= 15 is 0 Å². The molecule has 13 heavy (non-hydrogen) atoms. The van der Waals surface area contributed by atoms with Crippen molar-refractivity contribution in [1.82, 2.24) is 5.32 Å². The minimum atomic E-state index is -0.676. The molecule has 78 valence electrons. The summed E-state index contributed by atoms with van der Waals surface area (Å²) in [5.41, 5.74) is 0. The van der Waals surface area contributed by atoms with Crippen molar-refractivity contribution in [2.75, 3.05) is 31.7 Å². The predicted molar refractivity (Wildman–Crippen MR) is 55.4 cm³/mol. The van der Waals surface area contributed by atoms with Crippen LogP contribution < -0.4 is 5.32 Å². The highest BCUT2D eigenvalue weighted by molar-refractivity contribution is 7.85. The van der Waals surface area contributed by atoms with Gasteiger partial charge in [-0.1, -0.05) is 0 Å². The van der Waals surface area contributed by atoms with Gasteiger partial charge >= 0.3 is 0 Å². The molecule has 0 spiro atoms. The highest BCUT2D eigenvalue weighted by Crippen LogP contribution is 2.12. The van der Waals surface area contributed by atoms with Gasteiger partial charge in [0, 0.05) is 28.9 Å². The summed E-state index contributed by atoms with van der Waals surface area (Å²) in [6, 6.07) is 0. The summed E-state index contributed by atoms with van der Waals surface area (Å²) in [7, 11) is 1.24. The quantitative estimate of drug-likeness (QED) is 0.643. The number of rotatable bonds is 6. The molecular formula is C9H19NO2S. The van der Waals surface area contributed by atoms with Crippen LogP contribution in [0.5, 0.6) is 0 Å². The number of hydrogen-bond donors (Lipinski definition) is 1. The van der Waals surface area contributed by atoms with Crippen molar-refractivity contribution in [3.63, 3.8) is 0 Å². The monoisotopic (exact) mass is 205 g/mol. The van der Waals surface area contributed by atoms with Crippen molar-refractivity contribution in [2.45, 2.75) is 25.4 Å². The smallest absolute Gasteiger partial charge is 0.0691 e. The minimum Gasteiger partial charge on any atom is -0.377 e. The first kappa shape index (κ1) is 11.1. The van der Waals surface area contributed by atoms with Gasteiger partial charge in [-0.2, -0.15) is 0 Å². The molecule has 2 unspecified atom stereocenters. The molecule has 1 N–H and O–H groups in total. The zero-order valence-electron chi connectivity index (χ0n) is 8.25. The summed E-state index contributed by atoms with van der Waals surface area (Å²) >= 11 is 0. The first-order valence-electron chi connectivity index (χ1n) is 4.94. The third kappa shape index (κ3) is 4.74. The van der Waals surface area contributed by atoms with Gasteiger partial charge in [0.05, 0.1) is 6.10 Å². The molecule has 2 atom stereocenters. The fraction of sp³-hybridized carbons (Fsp3) is 1.00. The molecule has 0 aromatic heterocycles. The largest absolute Gasteiger partial charge is 0.377 e. The summed E-state index contributed by atoms with van der Waals surface area (Å²) in [5, 5.41) is 3.05. The maximum atomic E-state index is 11.5. The Balaban J connectivity index is 2.02. The van der Waals surface area contributed by atoms with E-state index in [4.69, 9.17) is 4.74 Å². The van der Waals surface area contributed by atoms with Crippen LogP contribution in [0.25, 0.3) is 0 Å². The molecule has 0 radical (unpaired) electrons. The standard InChI is InChI=1S/C9H19NO2S/c1-10-5-3-7-13(11)8-9-4-2-6-12-9/h9-10H,2-8H2,1H3. The molecule has 1 aliphatic heterocycles. The Hall–Kier alpha value is 0.0700. The Bertz CT molecular complexity index is 158. The van der Waals surface area contributed by atoms with Crippen LogP contribution >= 0.6 is 0 Å². The molecule has 0 amide bonds. The molecule has 0 aromatic rings. The molecule has 0 bridgehead atoms. The maximum absolute atomic E-state index is 11.5. The maximum Gasteiger partial charge on any atom is 0.0691 e. The minimum absolute atomic E-state index is 0.274. The predicted octanol–water partition coefficient (Wildman–Crippen LogP) is 0.524. The zero-order chi connectivity index (χ0) is 9.52. The van der Waals surface area contributed by atoms with Crippen LogP contribution in [0.15, 0.2) is 0 Å². The molecule has 1 heterocycles. The number of nitrogens with one attached hydrogen (secondary N) is 1. The van der Waals surface area contributed by atoms with Crippen molar-refractivity contribution in [1.29, 1.82) is 0 Å².